The Hall–Kier alpha value is -2.21. The minimum Gasteiger partial charge on any atom is -0.349 e. The Morgan fingerprint density at radius 3 is 2.57 bits per heavy atom. The number of amides is 2. The van der Waals surface area contributed by atoms with Crippen molar-refractivity contribution in [1.29, 1.82) is 0 Å². The van der Waals surface area contributed by atoms with Crippen LogP contribution in [0.2, 0.25) is 0 Å². The first-order chi connectivity index (χ1) is 11.0. The number of nitrogens with one attached hydrogen (secondary N) is 2. The van der Waals surface area contributed by atoms with E-state index < -0.39 is 5.82 Å². The topological polar surface area (TPSA) is 58.2 Å². The normalized spacial score (nSPS) is 13.5. The lowest BCUT2D eigenvalue weighted by Gasteiger charge is -2.09. The molecule has 0 spiro atoms. The Morgan fingerprint density at radius 2 is 1.87 bits per heavy atom. The number of carbonyl (C=O) groups excluding carboxylic acids is 2. The van der Waals surface area contributed by atoms with Crippen LogP contribution in [-0.4, -0.2) is 17.9 Å². The molecule has 23 heavy (non-hydrogen) atoms. The molecule has 0 atom stereocenters. The standard InChI is InChI=1S/C17H14BrFN2O2/c18-15-9-11(19)4-7-14(15)17(23)21-13-3-1-2-10(8-13)16(22)20-12-5-6-12/h1-4,7-9,12H,5-6H2,(H,20,22)(H,21,23). The average Bonchev–Trinajstić information content (AvgIpc) is 3.31. The van der Waals surface area contributed by atoms with Gasteiger partial charge < -0.3 is 10.6 Å². The lowest BCUT2D eigenvalue weighted by atomic mass is 10.1. The predicted octanol–water partition coefficient (Wildman–Crippen LogP) is 3.73. The smallest absolute Gasteiger partial charge is 0.256 e. The summed E-state index contributed by atoms with van der Waals surface area (Å²) in [5, 5.41) is 5.61. The Labute approximate surface area is 141 Å². The molecule has 0 radical (unpaired) electrons. The van der Waals surface area contributed by atoms with Crippen LogP contribution >= 0.6 is 15.9 Å². The van der Waals surface area contributed by atoms with Gasteiger partial charge in [0.1, 0.15) is 5.82 Å². The number of carbonyl (C=O) groups is 2. The molecule has 2 amide bonds. The van der Waals surface area contributed by atoms with Gasteiger partial charge in [0.05, 0.1) is 5.56 Å². The SMILES string of the molecule is O=C(NC1CC1)c1cccc(NC(=O)c2ccc(F)cc2Br)c1. The molecule has 4 nitrogen and oxygen atoms in total. The predicted molar refractivity (Wildman–Crippen MR) is 89.0 cm³/mol. The fourth-order valence-electron chi connectivity index (χ4n) is 2.11. The third kappa shape index (κ3) is 3.96. The van der Waals surface area contributed by atoms with Crippen molar-refractivity contribution >= 4 is 33.4 Å². The van der Waals surface area contributed by atoms with Gasteiger partial charge in [0.15, 0.2) is 0 Å². The summed E-state index contributed by atoms with van der Waals surface area (Å²) in [6, 6.07) is 10.8. The largest absolute Gasteiger partial charge is 0.349 e. The maximum atomic E-state index is 13.1. The zero-order valence-electron chi connectivity index (χ0n) is 12.1. The molecule has 3 rings (SSSR count). The van der Waals surface area contributed by atoms with Crippen molar-refractivity contribution in [1.82, 2.24) is 5.32 Å². The average molecular weight is 377 g/mol. The highest BCUT2D eigenvalue weighted by atomic mass is 79.9. The van der Waals surface area contributed by atoms with Crippen LogP contribution in [0.3, 0.4) is 0 Å². The molecule has 0 aliphatic heterocycles. The molecule has 0 saturated heterocycles. The van der Waals surface area contributed by atoms with E-state index in [2.05, 4.69) is 26.6 Å². The van der Waals surface area contributed by atoms with Gasteiger partial charge in [0.2, 0.25) is 0 Å². The van der Waals surface area contributed by atoms with Gasteiger partial charge in [-0.1, -0.05) is 6.07 Å². The highest BCUT2D eigenvalue weighted by Crippen LogP contribution is 2.21. The highest BCUT2D eigenvalue weighted by molar-refractivity contribution is 9.10. The van der Waals surface area contributed by atoms with Gasteiger partial charge >= 0.3 is 0 Å². The Morgan fingerprint density at radius 1 is 1.09 bits per heavy atom. The quantitative estimate of drug-likeness (QED) is 0.853. The lowest BCUT2D eigenvalue weighted by Crippen LogP contribution is -2.25. The van der Waals surface area contributed by atoms with Crippen molar-refractivity contribution in [3.05, 3.63) is 63.9 Å². The Kier molecular flexibility index (Phi) is 4.43. The molecule has 2 N–H and O–H groups in total. The Balaban J connectivity index is 1.74. The lowest BCUT2D eigenvalue weighted by molar-refractivity contribution is 0.0949. The fraction of sp³-hybridized carbons (Fsp3) is 0.176. The maximum Gasteiger partial charge on any atom is 0.256 e. The van der Waals surface area contributed by atoms with Gasteiger partial charge in [0, 0.05) is 21.8 Å². The molecular formula is C17H14BrFN2O2. The second kappa shape index (κ2) is 6.50. The summed E-state index contributed by atoms with van der Waals surface area (Å²) in [4.78, 5) is 24.3. The third-order valence-corrected chi connectivity index (χ3v) is 4.13. The van der Waals surface area contributed by atoms with Crippen molar-refractivity contribution < 1.29 is 14.0 Å². The molecule has 2 aromatic carbocycles. The fourth-order valence-corrected chi connectivity index (χ4v) is 2.64. The molecular weight excluding hydrogens is 363 g/mol. The van der Waals surface area contributed by atoms with Crippen LogP contribution in [0.15, 0.2) is 46.9 Å². The van der Waals surface area contributed by atoms with Crippen molar-refractivity contribution in [2.75, 3.05) is 5.32 Å². The first-order valence-corrected chi connectivity index (χ1v) is 7.99. The van der Waals surface area contributed by atoms with Crippen LogP contribution in [0.1, 0.15) is 33.6 Å². The summed E-state index contributed by atoms with van der Waals surface area (Å²) in [6.45, 7) is 0. The van der Waals surface area contributed by atoms with Gasteiger partial charge in [-0.15, -0.1) is 0 Å². The monoisotopic (exact) mass is 376 g/mol. The summed E-state index contributed by atoms with van der Waals surface area (Å²) in [5.41, 5.74) is 1.32. The van der Waals surface area contributed by atoms with E-state index in [1.165, 1.54) is 18.2 Å². The number of hydrogen-bond acceptors (Lipinski definition) is 2. The molecule has 0 bridgehead atoms. The van der Waals surface area contributed by atoms with Crippen LogP contribution in [0.4, 0.5) is 10.1 Å². The molecule has 6 heteroatoms. The Bertz CT molecular complexity index is 775. The van der Waals surface area contributed by atoms with Gasteiger partial charge in [-0.3, -0.25) is 9.59 Å². The van der Waals surface area contributed by atoms with E-state index in [0.29, 0.717) is 21.3 Å². The molecule has 118 valence electrons. The number of hydrogen-bond donors (Lipinski definition) is 2. The number of halogens is 2. The van der Waals surface area contributed by atoms with Crippen molar-refractivity contribution in [3.63, 3.8) is 0 Å². The van der Waals surface area contributed by atoms with E-state index in [4.69, 9.17) is 0 Å². The molecule has 1 saturated carbocycles. The van der Waals surface area contributed by atoms with Crippen molar-refractivity contribution in [2.24, 2.45) is 0 Å². The van der Waals surface area contributed by atoms with Crippen molar-refractivity contribution in [3.8, 4) is 0 Å². The number of anilines is 1. The molecule has 1 fully saturated rings. The molecule has 0 heterocycles. The van der Waals surface area contributed by atoms with Crippen LogP contribution < -0.4 is 10.6 Å². The van der Waals surface area contributed by atoms with Gasteiger partial charge in [0.25, 0.3) is 11.8 Å². The highest BCUT2D eigenvalue weighted by Gasteiger charge is 2.23. The zero-order chi connectivity index (χ0) is 16.4. The summed E-state index contributed by atoms with van der Waals surface area (Å²) >= 11 is 3.17. The zero-order valence-corrected chi connectivity index (χ0v) is 13.7. The van der Waals surface area contributed by atoms with Crippen LogP contribution in [0.25, 0.3) is 0 Å². The summed E-state index contributed by atoms with van der Waals surface area (Å²) in [5.74, 6) is -0.949. The molecule has 2 aromatic rings. The van der Waals surface area contributed by atoms with Crippen LogP contribution in [-0.2, 0) is 0 Å². The van der Waals surface area contributed by atoms with Crippen LogP contribution in [0.5, 0.6) is 0 Å². The van der Waals surface area contributed by atoms with E-state index in [9.17, 15) is 14.0 Å². The van der Waals surface area contributed by atoms with Crippen molar-refractivity contribution in [2.45, 2.75) is 18.9 Å². The molecule has 1 aliphatic rings. The molecule has 0 unspecified atom stereocenters. The minimum absolute atomic E-state index is 0.147. The van der Waals surface area contributed by atoms with E-state index in [1.54, 1.807) is 24.3 Å². The summed E-state index contributed by atoms with van der Waals surface area (Å²) in [7, 11) is 0. The van der Waals surface area contributed by atoms with Gasteiger partial charge in [-0.25, -0.2) is 4.39 Å². The third-order valence-electron chi connectivity index (χ3n) is 3.47. The molecule has 1 aliphatic carbocycles. The van der Waals surface area contributed by atoms with E-state index >= 15 is 0 Å². The summed E-state index contributed by atoms with van der Waals surface area (Å²) in [6.07, 6.45) is 2.03. The second-order valence-electron chi connectivity index (χ2n) is 5.41. The second-order valence-corrected chi connectivity index (χ2v) is 6.26. The van der Waals surface area contributed by atoms with E-state index in [1.807, 2.05) is 0 Å². The summed E-state index contributed by atoms with van der Waals surface area (Å²) < 4.78 is 13.5. The number of benzene rings is 2. The number of rotatable bonds is 4. The maximum absolute atomic E-state index is 13.1. The first kappa shape index (κ1) is 15.7. The minimum atomic E-state index is -0.424. The van der Waals surface area contributed by atoms with Gasteiger partial charge in [-0.05, 0) is 65.2 Å². The van der Waals surface area contributed by atoms with Gasteiger partial charge in [-0.2, -0.15) is 0 Å². The van der Waals surface area contributed by atoms with E-state index in [-0.39, 0.29) is 17.9 Å². The van der Waals surface area contributed by atoms with Crippen LogP contribution in [0, 0.1) is 5.82 Å². The first-order valence-electron chi connectivity index (χ1n) is 7.20. The van der Waals surface area contributed by atoms with E-state index in [0.717, 1.165) is 12.8 Å². The molecule has 0 aromatic heterocycles.